The Balaban J connectivity index is 1.57. The van der Waals surface area contributed by atoms with Crippen LogP contribution in [0.4, 0.5) is 5.69 Å². The molecule has 1 aromatic carbocycles. The van der Waals surface area contributed by atoms with E-state index in [1.807, 2.05) is 38.1 Å². The first-order valence-electron chi connectivity index (χ1n) is 9.74. The first-order chi connectivity index (χ1) is 13.9. The predicted molar refractivity (Wildman–Crippen MR) is 110 cm³/mol. The number of nitrogen functional groups attached to an aromatic ring is 1. The van der Waals surface area contributed by atoms with Crippen LogP contribution < -0.4 is 16.6 Å². The van der Waals surface area contributed by atoms with E-state index in [0.29, 0.717) is 11.5 Å². The fraction of sp³-hybridized carbons (Fsp3) is 0.318. The number of anilines is 1. The summed E-state index contributed by atoms with van der Waals surface area (Å²) in [5, 5.41) is 7.41. The highest BCUT2D eigenvalue weighted by atomic mass is 16.3. The Morgan fingerprint density at radius 1 is 1.31 bits per heavy atom. The summed E-state index contributed by atoms with van der Waals surface area (Å²) in [4.78, 5) is 25.1. The molecule has 0 aliphatic heterocycles. The van der Waals surface area contributed by atoms with Gasteiger partial charge < -0.3 is 15.5 Å². The number of benzene rings is 1. The summed E-state index contributed by atoms with van der Waals surface area (Å²) < 4.78 is 6.67. The standard InChI is InChI=1S/C22H24N4O3/c1-13-10-17(14(2)29-13)20-11-18(23)22(28)26(25-20)12-21(27)24-19-9-5-7-15-6-3-4-8-16(15)19/h3-4,6,8,10-11,19H,5,7,9,12,23H2,1-2H3,(H,24,27)/t19-/m1/s1. The quantitative estimate of drug-likeness (QED) is 0.711. The van der Waals surface area contributed by atoms with Crippen molar-refractivity contribution in [1.82, 2.24) is 15.1 Å². The number of aryl methyl sites for hydroxylation is 3. The summed E-state index contributed by atoms with van der Waals surface area (Å²) in [6.45, 7) is 3.47. The minimum absolute atomic E-state index is 0.0454. The first kappa shape index (κ1) is 19.0. The second kappa shape index (κ2) is 7.58. The van der Waals surface area contributed by atoms with Gasteiger partial charge in [0.2, 0.25) is 5.91 Å². The summed E-state index contributed by atoms with van der Waals surface area (Å²) in [5.74, 6) is 1.16. The SMILES string of the molecule is Cc1cc(-c2cc(N)c(=O)n(CC(=O)N[C@@H]3CCCc4ccccc43)n2)c(C)o1. The van der Waals surface area contributed by atoms with Gasteiger partial charge in [0.1, 0.15) is 23.8 Å². The molecule has 4 rings (SSSR count). The number of nitrogens with zero attached hydrogens (tertiary/aromatic N) is 2. The number of carbonyl (C=O) groups excluding carboxylic acids is 1. The fourth-order valence-corrected chi connectivity index (χ4v) is 3.97. The number of amides is 1. The minimum atomic E-state index is -0.481. The molecule has 0 radical (unpaired) electrons. The molecule has 7 nitrogen and oxygen atoms in total. The number of nitrogens with one attached hydrogen (secondary N) is 1. The van der Waals surface area contributed by atoms with Crippen LogP contribution in [-0.4, -0.2) is 15.7 Å². The van der Waals surface area contributed by atoms with Crippen LogP contribution in [0, 0.1) is 13.8 Å². The number of fused-ring (bicyclic) bond motifs is 1. The molecule has 0 fully saturated rings. The van der Waals surface area contributed by atoms with E-state index in [4.69, 9.17) is 10.2 Å². The summed E-state index contributed by atoms with van der Waals surface area (Å²) in [7, 11) is 0. The highest BCUT2D eigenvalue weighted by Gasteiger charge is 2.22. The normalized spacial score (nSPS) is 15.7. The largest absolute Gasteiger partial charge is 0.466 e. The van der Waals surface area contributed by atoms with Crippen LogP contribution in [0.15, 0.2) is 45.6 Å². The summed E-state index contributed by atoms with van der Waals surface area (Å²) in [6.07, 6.45) is 2.91. The van der Waals surface area contributed by atoms with Gasteiger partial charge in [0.15, 0.2) is 0 Å². The number of aromatic nitrogens is 2. The van der Waals surface area contributed by atoms with E-state index in [1.54, 1.807) is 0 Å². The van der Waals surface area contributed by atoms with Gasteiger partial charge in [-0.1, -0.05) is 24.3 Å². The van der Waals surface area contributed by atoms with Crippen LogP contribution in [0.25, 0.3) is 11.3 Å². The van der Waals surface area contributed by atoms with Crippen molar-refractivity contribution in [2.24, 2.45) is 0 Å². The zero-order valence-electron chi connectivity index (χ0n) is 16.6. The lowest BCUT2D eigenvalue weighted by molar-refractivity contribution is -0.122. The van der Waals surface area contributed by atoms with Gasteiger partial charge >= 0.3 is 0 Å². The van der Waals surface area contributed by atoms with Gasteiger partial charge in [-0.2, -0.15) is 5.10 Å². The van der Waals surface area contributed by atoms with Crippen molar-refractivity contribution in [2.45, 2.75) is 45.7 Å². The molecular formula is C22H24N4O3. The highest BCUT2D eigenvalue weighted by molar-refractivity contribution is 5.76. The molecule has 1 amide bonds. The van der Waals surface area contributed by atoms with Crippen molar-refractivity contribution in [3.63, 3.8) is 0 Å². The molecule has 3 aromatic rings. The Bertz CT molecular complexity index is 1130. The second-order valence-electron chi connectivity index (χ2n) is 7.49. The maximum Gasteiger partial charge on any atom is 0.290 e. The van der Waals surface area contributed by atoms with Crippen LogP contribution in [0.5, 0.6) is 0 Å². The number of carbonyl (C=O) groups is 1. The first-order valence-corrected chi connectivity index (χ1v) is 9.74. The number of hydrogen-bond acceptors (Lipinski definition) is 5. The number of nitrogens with two attached hydrogens (primary N) is 1. The fourth-order valence-electron chi connectivity index (χ4n) is 3.97. The van der Waals surface area contributed by atoms with Crippen molar-refractivity contribution < 1.29 is 9.21 Å². The van der Waals surface area contributed by atoms with Crippen LogP contribution >= 0.6 is 0 Å². The minimum Gasteiger partial charge on any atom is -0.466 e. The van der Waals surface area contributed by atoms with Gasteiger partial charge in [-0.3, -0.25) is 9.59 Å². The lowest BCUT2D eigenvalue weighted by atomic mass is 9.88. The molecule has 29 heavy (non-hydrogen) atoms. The Hall–Kier alpha value is -3.35. The van der Waals surface area contributed by atoms with E-state index in [9.17, 15) is 9.59 Å². The summed E-state index contributed by atoms with van der Waals surface area (Å²) in [5.41, 5.74) is 9.13. The van der Waals surface area contributed by atoms with Crippen molar-refractivity contribution in [3.05, 3.63) is 69.4 Å². The van der Waals surface area contributed by atoms with E-state index < -0.39 is 5.56 Å². The molecule has 3 N–H and O–H groups in total. The third-order valence-corrected chi connectivity index (χ3v) is 5.32. The second-order valence-corrected chi connectivity index (χ2v) is 7.49. The lowest BCUT2D eigenvalue weighted by Crippen LogP contribution is -2.37. The van der Waals surface area contributed by atoms with Crippen LogP contribution in [0.1, 0.15) is 41.5 Å². The maximum absolute atomic E-state index is 12.7. The molecule has 0 bridgehead atoms. The number of rotatable bonds is 4. The topological polar surface area (TPSA) is 103 Å². The van der Waals surface area contributed by atoms with Crippen molar-refractivity contribution in [2.75, 3.05) is 5.73 Å². The zero-order valence-corrected chi connectivity index (χ0v) is 16.6. The molecular weight excluding hydrogens is 368 g/mol. The van der Waals surface area contributed by atoms with Gasteiger partial charge in [0.25, 0.3) is 5.56 Å². The summed E-state index contributed by atoms with van der Waals surface area (Å²) in [6, 6.07) is 11.4. The van der Waals surface area contributed by atoms with E-state index in [1.165, 1.54) is 11.6 Å². The van der Waals surface area contributed by atoms with Crippen LogP contribution in [0.2, 0.25) is 0 Å². The monoisotopic (exact) mass is 392 g/mol. The average molecular weight is 392 g/mol. The van der Waals surface area contributed by atoms with E-state index >= 15 is 0 Å². The van der Waals surface area contributed by atoms with Gasteiger partial charge in [-0.15, -0.1) is 0 Å². The Kier molecular flexibility index (Phi) is 4.96. The molecule has 2 aromatic heterocycles. The molecule has 7 heteroatoms. The van der Waals surface area contributed by atoms with Crippen LogP contribution in [-0.2, 0) is 17.8 Å². The van der Waals surface area contributed by atoms with E-state index in [-0.39, 0.29) is 24.2 Å². The number of furan rings is 1. The lowest BCUT2D eigenvalue weighted by Gasteiger charge is -2.26. The average Bonchev–Trinajstić information content (AvgIpc) is 3.03. The highest BCUT2D eigenvalue weighted by Crippen LogP contribution is 2.29. The molecule has 2 heterocycles. The molecule has 0 saturated heterocycles. The predicted octanol–water partition coefficient (Wildman–Crippen LogP) is 2.90. The molecule has 150 valence electrons. The maximum atomic E-state index is 12.7. The molecule has 1 aliphatic rings. The zero-order chi connectivity index (χ0) is 20.5. The smallest absolute Gasteiger partial charge is 0.290 e. The van der Waals surface area contributed by atoms with Crippen molar-refractivity contribution in [3.8, 4) is 11.3 Å². The third kappa shape index (κ3) is 3.81. The van der Waals surface area contributed by atoms with Gasteiger partial charge in [-0.25, -0.2) is 4.68 Å². The molecule has 1 atom stereocenters. The molecule has 1 aliphatic carbocycles. The Labute approximate surface area is 168 Å². The summed E-state index contributed by atoms with van der Waals surface area (Å²) >= 11 is 0. The Morgan fingerprint density at radius 3 is 2.86 bits per heavy atom. The van der Waals surface area contributed by atoms with Gasteiger partial charge in [0, 0.05) is 5.56 Å². The third-order valence-electron chi connectivity index (χ3n) is 5.32. The molecule has 0 spiro atoms. The number of hydrogen-bond donors (Lipinski definition) is 2. The van der Waals surface area contributed by atoms with Crippen LogP contribution in [0.3, 0.4) is 0 Å². The van der Waals surface area contributed by atoms with Gasteiger partial charge in [0.05, 0.1) is 11.7 Å². The molecule has 0 saturated carbocycles. The van der Waals surface area contributed by atoms with Crippen molar-refractivity contribution >= 4 is 11.6 Å². The van der Waals surface area contributed by atoms with E-state index in [2.05, 4.69) is 16.5 Å². The van der Waals surface area contributed by atoms with Gasteiger partial charge in [-0.05, 0) is 56.4 Å². The van der Waals surface area contributed by atoms with E-state index in [0.717, 1.165) is 40.8 Å². The Morgan fingerprint density at radius 2 is 2.10 bits per heavy atom. The molecule has 0 unspecified atom stereocenters. The van der Waals surface area contributed by atoms with Crippen molar-refractivity contribution in [1.29, 1.82) is 0 Å².